The number of nitrogens with zero attached hydrogens (tertiary/aromatic N) is 7. The minimum atomic E-state index is -0.592. The van der Waals surface area contributed by atoms with E-state index in [0.717, 1.165) is 57.4 Å². The van der Waals surface area contributed by atoms with Crippen LogP contribution >= 0.6 is 0 Å². The normalized spacial score (nSPS) is 15.7. The molecule has 11 nitrogen and oxygen atoms in total. The number of phenols is 1. The molecule has 2 N–H and O–H groups in total. The Hall–Kier alpha value is -4.28. The van der Waals surface area contributed by atoms with Crippen LogP contribution in [0.25, 0.3) is 0 Å². The van der Waals surface area contributed by atoms with Crippen molar-refractivity contribution in [3.63, 3.8) is 0 Å². The largest absolute Gasteiger partial charge is 0.502 e. The second-order valence-corrected chi connectivity index (χ2v) is 8.99. The molecule has 0 unspecified atom stereocenters. The van der Waals surface area contributed by atoms with Gasteiger partial charge in [-0.2, -0.15) is 20.1 Å². The summed E-state index contributed by atoms with van der Waals surface area (Å²) in [6.07, 6.45) is 6.24. The van der Waals surface area contributed by atoms with Gasteiger partial charge in [-0.05, 0) is 49.3 Å². The van der Waals surface area contributed by atoms with Crippen molar-refractivity contribution in [1.82, 2.24) is 15.0 Å². The number of aromatic hydroxyl groups is 1. The zero-order valence-corrected chi connectivity index (χ0v) is 19.9. The third-order valence-electron chi connectivity index (χ3n) is 6.38. The lowest BCUT2D eigenvalue weighted by atomic mass is 10.0. The van der Waals surface area contributed by atoms with Crippen LogP contribution in [0.4, 0.5) is 23.5 Å². The number of phenolic OH excluding ortho intramolecular Hbond substituents is 1. The van der Waals surface area contributed by atoms with Gasteiger partial charge in [0.25, 0.3) is 0 Å². The van der Waals surface area contributed by atoms with Gasteiger partial charge in [0.1, 0.15) is 0 Å². The zero-order valence-electron chi connectivity index (χ0n) is 19.9. The van der Waals surface area contributed by atoms with Crippen LogP contribution in [0.1, 0.15) is 42.4 Å². The summed E-state index contributed by atoms with van der Waals surface area (Å²) in [7, 11) is 0. The fourth-order valence-electron chi connectivity index (χ4n) is 4.55. The fraction of sp³-hybridized carbons (Fsp3) is 0.360. The van der Waals surface area contributed by atoms with E-state index in [2.05, 4.69) is 35.3 Å². The molecule has 2 saturated heterocycles. The molecule has 2 fully saturated rings. The molecule has 3 heterocycles. The summed E-state index contributed by atoms with van der Waals surface area (Å²) >= 11 is 0. The first-order valence-electron chi connectivity index (χ1n) is 12.2. The molecule has 2 aliphatic heterocycles. The summed E-state index contributed by atoms with van der Waals surface area (Å²) in [6.45, 7) is 3.60. The van der Waals surface area contributed by atoms with Crippen LogP contribution < -0.4 is 15.2 Å². The lowest BCUT2D eigenvalue weighted by Gasteiger charge is -2.20. The van der Waals surface area contributed by atoms with Gasteiger partial charge in [0.2, 0.25) is 23.6 Å². The molecule has 5 rings (SSSR count). The van der Waals surface area contributed by atoms with Crippen molar-refractivity contribution in [3.8, 4) is 5.75 Å². The third kappa shape index (κ3) is 5.35. The molecule has 0 saturated carbocycles. The lowest BCUT2D eigenvalue weighted by Crippen LogP contribution is -2.25. The smallest absolute Gasteiger partial charge is 0.311 e. The van der Waals surface area contributed by atoms with Crippen molar-refractivity contribution in [2.45, 2.75) is 32.1 Å². The van der Waals surface area contributed by atoms with Gasteiger partial charge in [-0.1, -0.05) is 30.3 Å². The number of hydrogen-bond donors (Lipinski definition) is 2. The number of nitrogens with one attached hydrogen (secondary N) is 1. The first-order chi connectivity index (χ1) is 17.6. The number of anilines is 3. The lowest BCUT2D eigenvalue weighted by molar-refractivity contribution is -0.385. The van der Waals surface area contributed by atoms with Crippen LogP contribution in [-0.4, -0.2) is 57.4 Å². The third-order valence-corrected chi connectivity index (χ3v) is 6.38. The zero-order chi connectivity index (χ0) is 24.9. The second-order valence-electron chi connectivity index (χ2n) is 8.99. The predicted molar refractivity (Wildman–Crippen MR) is 138 cm³/mol. The molecular weight excluding hydrogens is 460 g/mol. The van der Waals surface area contributed by atoms with Crippen LogP contribution in [0.5, 0.6) is 5.75 Å². The number of rotatable bonds is 8. The van der Waals surface area contributed by atoms with Crippen LogP contribution in [0.3, 0.4) is 0 Å². The van der Waals surface area contributed by atoms with Crippen molar-refractivity contribution < 1.29 is 10.0 Å². The molecule has 1 aromatic heterocycles. The number of nitro groups is 1. The number of nitro benzene ring substituents is 1. The Labute approximate surface area is 208 Å². The highest BCUT2D eigenvalue weighted by molar-refractivity contribution is 5.86. The highest BCUT2D eigenvalue weighted by atomic mass is 16.6. The molecule has 0 aliphatic carbocycles. The van der Waals surface area contributed by atoms with Crippen LogP contribution in [0.2, 0.25) is 0 Å². The first kappa shape index (κ1) is 23.5. The number of benzene rings is 2. The van der Waals surface area contributed by atoms with Gasteiger partial charge < -0.3 is 14.9 Å². The summed E-state index contributed by atoms with van der Waals surface area (Å²) in [4.78, 5) is 29.0. The van der Waals surface area contributed by atoms with E-state index in [9.17, 15) is 15.2 Å². The van der Waals surface area contributed by atoms with E-state index in [1.165, 1.54) is 12.3 Å². The van der Waals surface area contributed by atoms with Gasteiger partial charge in [0.15, 0.2) is 0 Å². The van der Waals surface area contributed by atoms with Gasteiger partial charge >= 0.3 is 5.69 Å². The van der Waals surface area contributed by atoms with E-state index in [1.807, 2.05) is 30.3 Å². The van der Waals surface area contributed by atoms with E-state index in [0.29, 0.717) is 29.8 Å². The molecule has 0 spiro atoms. The van der Waals surface area contributed by atoms with Crippen molar-refractivity contribution in [1.29, 1.82) is 0 Å². The molecule has 3 aromatic rings. The van der Waals surface area contributed by atoms with Crippen LogP contribution in [-0.2, 0) is 6.42 Å². The fourth-order valence-corrected chi connectivity index (χ4v) is 4.55. The highest BCUT2D eigenvalue weighted by Crippen LogP contribution is 2.31. The maximum absolute atomic E-state index is 11.5. The highest BCUT2D eigenvalue weighted by Gasteiger charge is 2.22. The molecule has 2 aliphatic rings. The predicted octanol–water partition coefficient (Wildman–Crippen LogP) is 3.72. The molecule has 0 atom stereocenters. The molecule has 186 valence electrons. The van der Waals surface area contributed by atoms with E-state index in [4.69, 9.17) is 0 Å². The Kier molecular flexibility index (Phi) is 6.87. The van der Waals surface area contributed by atoms with E-state index in [1.54, 1.807) is 6.07 Å². The second kappa shape index (κ2) is 10.5. The van der Waals surface area contributed by atoms with Crippen molar-refractivity contribution in [2.75, 3.05) is 41.4 Å². The maximum atomic E-state index is 11.5. The summed E-state index contributed by atoms with van der Waals surface area (Å²) < 4.78 is 0. The van der Waals surface area contributed by atoms with Gasteiger partial charge in [0, 0.05) is 37.8 Å². The molecule has 0 radical (unpaired) electrons. The van der Waals surface area contributed by atoms with Gasteiger partial charge in [0.05, 0.1) is 11.1 Å². The van der Waals surface area contributed by atoms with Crippen LogP contribution in [0.15, 0.2) is 47.6 Å². The Bertz CT molecular complexity index is 1220. The minimum Gasteiger partial charge on any atom is -0.502 e. The minimum absolute atomic E-state index is 0.233. The molecule has 0 amide bonds. The van der Waals surface area contributed by atoms with Gasteiger partial charge in [-0.3, -0.25) is 10.1 Å². The Morgan fingerprint density at radius 3 is 2.14 bits per heavy atom. The SMILES string of the molecule is O=[N+]([O-])c1cc(Cc2ccccc2)cc(/C=N\Nc2nc(N3CCCC3)nc(N3CCCC3)n2)c1O. The molecular formula is C25H28N8O3. The molecule has 2 aromatic carbocycles. The van der Waals surface area contributed by atoms with E-state index < -0.39 is 10.7 Å². The van der Waals surface area contributed by atoms with Gasteiger partial charge in [-0.15, -0.1) is 0 Å². The number of aromatic nitrogens is 3. The number of hydrazone groups is 1. The summed E-state index contributed by atoms with van der Waals surface area (Å²) in [5.74, 6) is 1.09. The Balaban J connectivity index is 1.40. The molecule has 36 heavy (non-hydrogen) atoms. The quantitative estimate of drug-likeness (QED) is 0.276. The summed E-state index contributed by atoms with van der Waals surface area (Å²) in [6, 6.07) is 12.7. The number of hydrogen-bond acceptors (Lipinski definition) is 10. The topological polar surface area (TPSA) is 133 Å². The summed E-state index contributed by atoms with van der Waals surface area (Å²) in [5.41, 5.74) is 4.41. The van der Waals surface area contributed by atoms with Crippen molar-refractivity contribution in [3.05, 3.63) is 69.3 Å². The van der Waals surface area contributed by atoms with E-state index >= 15 is 0 Å². The van der Waals surface area contributed by atoms with Crippen molar-refractivity contribution >= 4 is 29.7 Å². The Morgan fingerprint density at radius 1 is 0.944 bits per heavy atom. The van der Waals surface area contributed by atoms with E-state index in [-0.39, 0.29) is 11.3 Å². The molecule has 0 bridgehead atoms. The first-order valence-corrected chi connectivity index (χ1v) is 12.2. The Morgan fingerprint density at radius 2 is 1.56 bits per heavy atom. The van der Waals surface area contributed by atoms with Crippen molar-refractivity contribution in [2.24, 2.45) is 5.10 Å². The van der Waals surface area contributed by atoms with Gasteiger partial charge in [-0.25, -0.2) is 5.43 Å². The molecule has 11 heteroatoms. The average Bonchev–Trinajstić information content (AvgIpc) is 3.61. The standard InChI is InChI=1S/C25H28N8O3/c34-22-20(15-19(16-21(22)33(35)36)14-18-8-2-1-3-9-18)17-26-30-23-27-24(31-10-4-5-11-31)29-25(28-23)32-12-6-7-13-32/h1-3,8-9,15-17,34H,4-7,10-14H2,(H,27,28,29,30)/b26-17-. The summed E-state index contributed by atoms with van der Waals surface area (Å²) in [5, 5.41) is 26.3. The van der Waals surface area contributed by atoms with Crippen LogP contribution in [0, 0.1) is 10.1 Å². The maximum Gasteiger partial charge on any atom is 0.311 e. The average molecular weight is 489 g/mol. The monoisotopic (exact) mass is 488 g/mol.